The summed E-state index contributed by atoms with van der Waals surface area (Å²) in [5.41, 5.74) is 5.63. The smallest absolute Gasteiger partial charge is 0.317 e. The highest BCUT2D eigenvalue weighted by Gasteiger charge is 2.30. The first-order valence-electron chi connectivity index (χ1n) is 8.26. The fraction of sp³-hybridized carbons (Fsp3) is 0.350. The molecule has 3 nitrogen and oxygen atoms in total. The Labute approximate surface area is 138 Å². The summed E-state index contributed by atoms with van der Waals surface area (Å²) < 4.78 is 0. The largest absolute Gasteiger partial charge is 0.322 e. The molecule has 0 bridgehead atoms. The summed E-state index contributed by atoms with van der Waals surface area (Å²) >= 11 is 0. The van der Waals surface area contributed by atoms with Crippen LogP contribution in [0.5, 0.6) is 0 Å². The molecule has 0 aliphatic carbocycles. The van der Waals surface area contributed by atoms with E-state index in [1.807, 2.05) is 30.9 Å². The Bertz CT molecular complexity index is 706. The molecule has 2 amide bonds. The van der Waals surface area contributed by atoms with Crippen LogP contribution in [0.3, 0.4) is 0 Å². The molecule has 1 heterocycles. The van der Waals surface area contributed by atoms with E-state index in [0.717, 1.165) is 36.2 Å². The summed E-state index contributed by atoms with van der Waals surface area (Å²) in [4.78, 5) is 14.7. The highest BCUT2D eigenvalue weighted by Crippen LogP contribution is 2.32. The van der Waals surface area contributed by atoms with E-state index in [0.29, 0.717) is 0 Å². The normalized spacial score (nSPS) is 17.3. The van der Waals surface area contributed by atoms with E-state index in [9.17, 15) is 4.79 Å². The summed E-state index contributed by atoms with van der Waals surface area (Å²) in [6, 6.07) is 14.9. The number of hydrogen-bond acceptors (Lipinski definition) is 1. The van der Waals surface area contributed by atoms with Crippen LogP contribution in [-0.2, 0) is 0 Å². The van der Waals surface area contributed by atoms with E-state index < -0.39 is 0 Å². The van der Waals surface area contributed by atoms with Crippen LogP contribution < -0.4 is 5.32 Å². The number of hydrogen-bond donors (Lipinski definition) is 1. The molecule has 1 fully saturated rings. The number of likely N-dealkylation sites (tertiary alicyclic amines) is 1. The summed E-state index contributed by atoms with van der Waals surface area (Å²) in [7, 11) is 0. The predicted octanol–water partition coefficient (Wildman–Crippen LogP) is 4.98. The number of nitrogens with one attached hydrogen (secondary N) is 1. The molecule has 0 unspecified atom stereocenters. The third-order valence-corrected chi connectivity index (χ3v) is 4.61. The Morgan fingerprint density at radius 1 is 1.04 bits per heavy atom. The molecule has 0 spiro atoms. The second kappa shape index (κ2) is 6.45. The summed E-state index contributed by atoms with van der Waals surface area (Å²) in [5, 5.41) is 3.09. The van der Waals surface area contributed by atoms with E-state index >= 15 is 0 Å². The topological polar surface area (TPSA) is 32.3 Å². The van der Waals surface area contributed by atoms with Gasteiger partial charge in [-0.25, -0.2) is 4.79 Å². The number of rotatable bonds is 2. The molecule has 0 aromatic heterocycles. The SMILES string of the molecule is Cc1ccc([C@@H]2CCCN2C(=O)Nc2cc(C)ccc2C)cc1. The Hall–Kier alpha value is -2.29. The van der Waals surface area contributed by atoms with Crippen LogP contribution in [0.2, 0.25) is 0 Å². The van der Waals surface area contributed by atoms with Crippen molar-refractivity contribution in [3.8, 4) is 0 Å². The lowest BCUT2D eigenvalue weighted by Crippen LogP contribution is -2.34. The lowest BCUT2D eigenvalue weighted by atomic mass is 10.0. The van der Waals surface area contributed by atoms with Gasteiger partial charge in [0, 0.05) is 12.2 Å². The molecule has 1 atom stereocenters. The molecule has 1 N–H and O–H groups in total. The van der Waals surface area contributed by atoms with Crippen LogP contribution in [0.15, 0.2) is 42.5 Å². The fourth-order valence-corrected chi connectivity index (χ4v) is 3.20. The zero-order valence-corrected chi connectivity index (χ0v) is 14.1. The van der Waals surface area contributed by atoms with Gasteiger partial charge in [0.15, 0.2) is 0 Å². The van der Waals surface area contributed by atoms with Gasteiger partial charge in [0.1, 0.15) is 0 Å². The van der Waals surface area contributed by atoms with Crippen LogP contribution in [0.1, 0.15) is 41.1 Å². The van der Waals surface area contributed by atoms with Crippen LogP contribution in [0, 0.1) is 20.8 Å². The lowest BCUT2D eigenvalue weighted by molar-refractivity contribution is 0.207. The summed E-state index contributed by atoms with van der Waals surface area (Å²) in [5.74, 6) is 0. The van der Waals surface area contributed by atoms with Crippen LogP contribution in [-0.4, -0.2) is 17.5 Å². The number of nitrogens with zero attached hydrogens (tertiary/aromatic N) is 1. The number of benzene rings is 2. The number of amides is 2. The minimum Gasteiger partial charge on any atom is -0.317 e. The van der Waals surface area contributed by atoms with E-state index in [4.69, 9.17) is 0 Å². The molecule has 3 heteroatoms. The maximum atomic E-state index is 12.7. The predicted molar refractivity (Wildman–Crippen MR) is 94.8 cm³/mol. The second-order valence-corrected chi connectivity index (χ2v) is 6.51. The van der Waals surface area contributed by atoms with Crippen molar-refractivity contribution in [1.82, 2.24) is 4.90 Å². The zero-order chi connectivity index (χ0) is 16.4. The van der Waals surface area contributed by atoms with Crippen molar-refractivity contribution < 1.29 is 4.79 Å². The molecule has 0 saturated carbocycles. The van der Waals surface area contributed by atoms with Gasteiger partial charge < -0.3 is 10.2 Å². The maximum absolute atomic E-state index is 12.7. The summed E-state index contributed by atoms with van der Waals surface area (Å²) in [6.07, 6.45) is 2.09. The van der Waals surface area contributed by atoms with Gasteiger partial charge in [0.05, 0.1) is 6.04 Å². The first-order valence-corrected chi connectivity index (χ1v) is 8.26. The van der Waals surface area contributed by atoms with Crippen molar-refractivity contribution in [1.29, 1.82) is 0 Å². The van der Waals surface area contributed by atoms with E-state index in [1.165, 1.54) is 11.1 Å². The molecule has 1 aliphatic heterocycles. The van der Waals surface area contributed by atoms with Gasteiger partial charge in [-0.05, 0) is 56.4 Å². The molecule has 2 aromatic carbocycles. The fourth-order valence-electron chi connectivity index (χ4n) is 3.20. The first-order chi connectivity index (χ1) is 11.0. The summed E-state index contributed by atoms with van der Waals surface area (Å²) in [6.45, 7) is 6.97. The van der Waals surface area contributed by atoms with Crippen molar-refractivity contribution >= 4 is 11.7 Å². The van der Waals surface area contributed by atoms with Crippen LogP contribution >= 0.6 is 0 Å². The van der Waals surface area contributed by atoms with Gasteiger partial charge in [-0.2, -0.15) is 0 Å². The zero-order valence-electron chi connectivity index (χ0n) is 14.1. The average molecular weight is 308 g/mol. The minimum atomic E-state index is 0.00164. The Kier molecular flexibility index (Phi) is 4.37. The standard InChI is InChI=1S/C20H24N2O/c1-14-7-10-17(11-8-14)19-5-4-12-22(19)20(23)21-18-13-15(2)6-9-16(18)3/h6-11,13,19H,4-5,12H2,1-3H3,(H,21,23)/t19-/m0/s1. The molecule has 3 rings (SSSR count). The quantitative estimate of drug-likeness (QED) is 0.833. The van der Waals surface area contributed by atoms with E-state index in [1.54, 1.807) is 0 Å². The molecular formula is C20H24N2O. The van der Waals surface area contributed by atoms with Crippen LogP contribution in [0.4, 0.5) is 10.5 Å². The van der Waals surface area contributed by atoms with E-state index in [-0.39, 0.29) is 12.1 Å². The number of aryl methyl sites for hydroxylation is 3. The Balaban J connectivity index is 1.78. The molecular weight excluding hydrogens is 284 g/mol. The van der Waals surface area contributed by atoms with Crippen molar-refractivity contribution in [2.45, 2.75) is 39.7 Å². The first kappa shape index (κ1) is 15.6. The highest BCUT2D eigenvalue weighted by molar-refractivity contribution is 5.90. The number of urea groups is 1. The van der Waals surface area contributed by atoms with Crippen molar-refractivity contribution in [2.75, 3.05) is 11.9 Å². The molecule has 0 radical (unpaired) electrons. The van der Waals surface area contributed by atoms with Gasteiger partial charge >= 0.3 is 6.03 Å². The Morgan fingerprint density at radius 3 is 2.48 bits per heavy atom. The highest BCUT2D eigenvalue weighted by atomic mass is 16.2. The number of anilines is 1. The monoisotopic (exact) mass is 308 g/mol. The van der Waals surface area contributed by atoms with Crippen LogP contribution in [0.25, 0.3) is 0 Å². The lowest BCUT2D eigenvalue weighted by Gasteiger charge is -2.26. The van der Waals surface area contributed by atoms with Gasteiger partial charge in [0.25, 0.3) is 0 Å². The van der Waals surface area contributed by atoms with Crippen molar-refractivity contribution in [3.05, 3.63) is 64.7 Å². The Morgan fingerprint density at radius 2 is 1.74 bits per heavy atom. The van der Waals surface area contributed by atoms with E-state index in [2.05, 4.69) is 42.6 Å². The number of carbonyl (C=O) groups excluding carboxylic acids is 1. The molecule has 120 valence electrons. The van der Waals surface area contributed by atoms with Gasteiger partial charge in [-0.15, -0.1) is 0 Å². The van der Waals surface area contributed by atoms with Gasteiger partial charge in [0.2, 0.25) is 0 Å². The minimum absolute atomic E-state index is 0.00164. The molecule has 1 aliphatic rings. The van der Waals surface area contributed by atoms with Crippen molar-refractivity contribution in [3.63, 3.8) is 0 Å². The van der Waals surface area contributed by atoms with Gasteiger partial charge in [-0.1, -0.05) is 42.0 Å². The third-order valence-electron chi connectivity index (χ3n) is 4.61. The third kappa shape index (κ3) is 3.39. The number of carbonyl (C=O) groups is 1. The second-order valence-electron chi connectivity index (χ2n) is 6.51. The molecule has 2 aromatic rings. The van der Waals surface area contributed by atoms with Crippen molar-refractivity contribution in [2.24, 2.45) is 0 Å². The average Bonchev–Trinajstić information content (AvgIpc) is 3.01. The molecule has 23 heavy (non-hydrogen) atoms. The maximum Gasteiger partial charge on any atom is 0.322 e. The van der Waals surface area contributed by atoms with Gasteiger partial charge in [-0.3, -0.25) is 0 Å². The molecule has 1 saturated heterocycles.